The highest BCUT2D eigenvalue weighted by Gasteiger charge is 2.22. The van der Waals surface area contributed by atoms with Crippen LogP contribution in [0.25, 0.3) is 22.0 Å². The molecule has 5 nitrogen and oxygen atoms in total. The summed E-state index contributed by atoms with van der Waals surface area (Å²) in [6.07, 6.45) is 2.73. The van der Waals surface area contributed by atoms with E-state index in [-0.39, 0.29) is 5.56 Å². The van der Waals surface area contributed by atoms with Crippen LogP contribution in [0.3, 0.4) is 0 Å². The third-order valence-electron chi connectivity index (χ3n) is 4.95. The van der Waals surface area contributed by atoms with Crippen LogP contribution < -0.4 is 5.56 Å². The van der Waals surface area contributed by atoms with Crippen molar-refractivity contribution >= 4 is 22.7 Å². The second-order valence-corrected chi connectivity index (χ2v) is 8.57. The molecule has 140 valence electrons. The third kappa shape index (κ3) is 3.44. The Kier molecular flexibility index (Phi) is 4.64. The second-order valence-electron chi connectivity index (χ2n) is 6.84. The number of nitrogens with zero attached hydrogens (tertiary/aromatic N) is 3. The van der Waals surface area contributed by atoms with Gasteiger partial charge in [-0.3, -0.25) is 14.7 Å². The summed E-state index contributed by atoms with van der Waals surface area (Å²) in [4.78, 5) is 28.2. The number of hydrogen-bond donors (Lipinski definition) is 1. The predicted octanol–water partition coefficient (Wildman–Crippen LogP) is 4.18. The highest BCUT2D eigenvalue weighted by Crippen LogP contribution is 2.24. The molecule has 1 aliphatic heterocycles. The van der Waals surface area contributed by atoms with E-state index < -0.39 is 0 Å². The summed E-state index contributed by atoms with van der Waals surface area (Å²) in [6.45, 7) is 2.29. The zero-order chi connectivity index (χ0) is 18.9. The van der Waals surface area contributed by atoms with Gasteiger partial charge in [0, 0.05) is 43.2 Å². The first kappa shape index (κ1) is 17.5. The van der Waals surface area contributed by atoms with Crippen LogP contribution in [0.15, 0.2) is 57.5 Å². The van der Waals surface area contributed by atoms with Crippen molar-refractivity contribution in [2.75, 3.05) is 6.54 Å². The molecular formula is C21H18N4OS2. The van der Waals surface area contributed by atoms with Crippen molar-refractivity contribution in [1.29, 1.82) is 0 Å². The molecule has 0 atom stereocenters. The summed E-state index contributed by atoms with van der Waals surface area (Å²) >= 11 is 3.26. The average molecular weight is 407 g/mol. The highest BCUT2D eigenvalue weighted by molar-refractivity contribution is 7.13. The number of aromatic amines is 1. The van der Waals surface area contributed by atoms with Crippen LogP contribution in [-0.4, -0.2) is 26.4 Å². The lowest BCUT2D eigenvalue weighted by Crippen LogP contribution is -2.35. The smallest absolute Gasteiger partial charge is 0.255 e. The third-order valence-corrected chi connectivity index (χ3v) is 6.51. The van der Waals surface area contributed by atoms with Gasteiger partial charge in [-0.25, -0.2) is 4.98 Å². The maximum absolute atomic E-state index is 12.6. The van der Waals surface area contributed by atoms with Crippen LogP contribution in [0.1, 0.15) is 16.8 Å². The molecule has 5 rings (SSSR count). The molecule has 0 bridgehead atoms. The predicted molar refractivity (Wildman–Crippen MR) is 114 cm³/mol. The van der Waals surface area contributed by atoms with E-state index in [0.29, 0.717) is 12.4 Å². The van der Waals surface area contributed by atoms with Gasteiger partial charge in [-0.15, -0.1) is 11.3 Å². The molecule has 28 heavy (non-hydrogen) atoms. The molecule has 0 aliphatic carbocycles. The Morgan fingerprint density at radius 1 is 1.18 bits per heavy atom. The van der Waals surface area contributed by atoms with Gasteiger partial charge >= 0.3 is 0 Å². The second kappa shape index (κ2) is 7.43. The molecular weight excluding hydrogens is 388 g/mol. The number of rotatable bonds is 4. The molecule has 0 radical (unpaired) electrons. The molecule has 5 heterocycles. The standard InChI is InChI=1S/C21H18N4OS2/c26-21-16-12-25(7-5-18(16)23-20(24-21)19-2-1-8-28-19)11-14-3-4-17(22-10-14)15-6-9-27-13-15/h1-4,6,8-10,13H,5,7,11-12H2,(H,23,24,26). The topological polar surface area (TPSA) is 61.9 Å². The van der Waals surface area contributed by atoms with E-state index in [9.17, 15) is 4.79 Å². The summed E-state index contributed by atoms with van der Waals surface area (Å²) in [7, 11) is 0. The fourth-order valence-corrected chi connectivity index (χ4v) is 4.82. The normalized spacial score (nSPS) is 14.1. The van der Waals surface area contributed by atoms with Crippen molar-refractivity contribution < 1.29 is 0 Å². The molecule has 4 aromatic heterocycles. The number of thiophene rings is 2. The lowest BCUT2D eigenvalue weighted by molar-refractivity contribution is 0.241. The molecule has 0 fully saturated rings. The van der Waals surface area contributed by atoms with Gasteiger partial charge in [0.15, 0.2) is 5.82 Å². The molecule has 1 N–H and O–H groups in total. The number of aromatic nitrogens is 3. The average Bonchev–Trinajstić information content (AvgIpc) is 3.43. The first-order chi connectivity index (χ1) is 13.8. The van der Waals surface area contributed by atoms with E-state index in [1.807, 2.05) is 23.7 Å². The molecule has 1 aliphatic rings. The van der Waals surface area contributed by atoms with Crippen LogP contribution in [0.5, 0.6) is 0 Å². The van der Waals surface area contributed by atoms with Crippen molar-refractivity contribution in [3.05, 3.63) is 79.8 Å². The molecule has 0 aromatic carbocycles. The Balaban J connectivity index is 1.33. The summed E-state index contributed by atoms with van der Waals surface area (Å²) in [6, 6.07) is 10.2. The number of nitrogens with one attached hydrogen (secondary N) is 1. The minimum absolute atomic E-state index is 0.0240. The lowest BCUT2D eigenvalue weighted by Gasteiger charge is -2.27. The van der Waals surface area contributed by atoms with E-state index >= 15 is 0 Å². The molecule has 0 unspecified atom stereocenters. The maximum atomic E-state index is 12.6. The Bertz CT molecular complexity index is 1130. The summed E-state index contributed by atoms with van der Waals surface area (Å²) in [5.41, 5.74) is 4.99. The van der Waals surface area contributed by atoms with Gasteiger partial charge in [0.25, 0.3) is 5.56 Å². The first-order valence-electron chi connectivity index (χ1n) is 9.12. The van der Waals surface area contributed by atoms with Crippen molar-refractivity contribution in [2.24, 2.45) is 0 Å². The van der Waals surface area contributed by atoms with Crippen molar-refractivity contribution in [1.82, 2.24) is 19.9 Å². The maximum Gasteiger partial charge on any atom is 0.255 e. The molecule has 4 aromatic rings. The van der Waals surface area contributed by atoms with E-state index in [1.165, 1.54) is 0 Å². The van der Waals surface area contributed by atoms with E-state index in [2.05, 4.69) is 43.8 Å². The fourth-order valence-electron chi connectivity index (χ4n) is 3.50. The SMILES string of the molecule is O=c1[nH]c(-c2cccs2)nc2c1CN(Cc1ccc(-c3ccsc3)nc1)CC2. The summed E-state index contributed by atoms with van der Waals surface area (Å²) in [5.74, 6) is 0.681. The van der Waals surface area contributed by atoms with E-state index in [1.54, 1.807) is 22.7 Å². The molecule has 0 saturated carbocycles. The first-order valence-corrected chi connectivity index (χ1v) is 10.9. The molecule has 0 amide bonds. The van der Waals surface area contributed by atoms with Gasteiger partial charge in [0.05, 0.1) is 21.8 Å². The van der Waals surface area contributed by atoms with Crippen LogP contribution >= 0.6 is 22.7 Å². The summed E-state index contributed by atoms with van der Waals surface area (Å²) < 4.78 is 0. The van der Waals surface area contributed by atoms with Gasteiger partial charge in [0.1, 0.15) is 0 Å². The van der Waals surface area contributed by atoms with Crippen molar-refractivity contribution in [3.8, 4) is 22.0 Å². The van der Waals surface area contributed by atoms with Crippen molar-refractivity contribution in [3.63, 3.8) is 0 Å². The monoisotopic (exact) mass is 406 g/mol. The minimum atomic E-state index is -0.0240. The van der Waals surface area contributed by atoms with E-state index in [4.69, 9.17) is 4.98 Å². The van der Waals surface area contributed by atoms with Gasteiger partial charge < -0.3 is 4.98 Å². The Hall–Kier alpha value is -2.61. The van der Waals surface area contributed by atoms with Gasteiger partial charge in [-0.05, 0) is 34.5 Å². The number of H-pyrrole nitrogens is 1. The Morgan fingerprint density at radius 3 is 2.89 bits per heavy atom. The summed E-state index contributed by atoms with van der Waals surface area (Å²) in [5, 5.41) is 6.16. The number of hydrogen-bond acceptors (Lipinski definition) is 6. The number of fused-ring (bicyclic) bond motifs is 1. The molecule has 0 saturated heterocycles. The molecule has 0 spiro atoms. The zero-order valence-corrected chi connectivity index (χ0v) is 16.7. The van der Waals surface area contributed by atoms with E-state index in [0.717, 1.165) is 52.5 Å². The van der Waals surface area contributed by atoms with Gasteiger partial charge in [0.2, 0.25) is 0 Å². The van der Waals surface area contributed by atoms with Crippen LogP contribution in [0.4, 0.5) is 0 Å². The fraction of sp³-hybridized carbons (Fsp3) is 0.190. The zero-order valence-electron chi connectivity index (χ0n) is 15.1. The van der Waals surface area contributed by atoms with Crippen molar-refractivity contribution in [2.45, 2.75) is 19.5 Å². The quantitative estimate of drug-likeness (QED) is 0.552. The Morgan fingerprint density at radius 2 is 2.14 bits per heavy atom. The lowest BCUT2D eigenvalue weighted by atomic mass is 10.1. The Labute approximate surface area is 170 Å². The minimum Gasteiger partial charge on any atom is -0.306 e. The van der Waals surface area contributed by atoms with Gasteiger partial charge in [-0.2, -0.15) is 11.3 Å². The number of pyridine rings is 1. The van der Waals surface area contributed by atoms with Gasteiger partial charge in [-0.1, -0.05) is 12.1 Å². The molecule has 7 heteroatoms. The van der Waals surface area contributed by atoms with Crippen LogP contribution in [0, 0.1) is 0 Å². The van der Waals surface area contributed by atoms with Crippen LogP contribution in [0.2, 0.25) is 0 Å². The highest BCUT2D eigenvalue weighted by atomic mass is 32.1. The largest absolute Gasteiger partial charge is 0.306 e. The van der Waals surface area contributed by atoms with Crippen LogP contribution in [-0.2, 0) is 19.5 Å².